The summed E-state index contributed by atoms with van der Waals surface area (Å²) in [5.74, 6) is 1.96. The first-order chi connectivity index (χ1) is 16.2. The molecule has 0 radical (unpaired) electrons. The molecule has 0 amide bonds. The molecule has 5 rings (SSSR count). The lowest BCUT2D eigenvalue weighted by Crippen LogP contribution is -2.30. The zero-order valence-electron chi connectivity index (χ0n) is 18.5. The van der Waals surface area contributed by atoms with Gasteiger partial charge in [-0.1, -0.05) is 28.5 Å². The van der Waals surface area contributed by atoms with Crippen LogP contribution < -0.4 is 4.74 Å². The number of fused-ring (bicyclic) bond motifs is 1. The fourth-order valence-corrected chi connectivity index (χ4v) is 4.72. The van der Waals surface area contributed by atoms with Gasteiger partial charge in [0.25, 0.3) is 5.89 Å². The molecule has 1 aromatic heterocycles. The average Bonchev–Trinajstić information content (AvgIpc) is 3.37. The number of ether oxygens (including phenoxy) is 1. The molecular weight excluding hydrogens is 420 g/mol. The maximum absolute atomic E-state index is 11.4. The summed E-state index contributed by atoms with van der Waals surface area (Å²) in [6.45, 7) is 0.758. The smallest absolute Gasteiger partial charge is 0.258 e. The number of hydrogen-bond donors (Lipinski definition) is 0. The number of nitroso groups, excluding NO2 is 1. The number of carbonyl (C=O) groups is 1. The molecule has 33 heavy (non-hydrogen) atoms. The van der Waals surface area contributed by atoms with E-state index in [0.29, 0.717) is 30.8 Å². The maximum Gasteiger partial charge on any atom is 0.258 e. The van der Waals surface area contributed by atoms with Crippen LogP contribution in [0.2, 0.25) is 0 Å². The molecule has 8 heteroatoms. The van der Waals surface area contributed by atoms with Crippen molar-refractivity contribution in [2.24, 2.45) is 11.1 Å². The van der Waals surface area contributed by atoms with Crippen LogP contribution in [0.3, 0.4) is 0 Å². The third kappa shape index (κ3) is 4.43. The molecule has 2 aliphatic rings. The van der Waals surface area contributed by atoms with Gasteiger partial charge in [-0.05, 0) is 67.6 Å². The summed E-state index contributed by atoms with van der Waals surface area (Å²) in [6.07, 6.45) is 4.75. The van der Waals surface area contributed by atoms with E-state index in [1.54, 1.807) is 0 Å². The normalized spacial score (nSPS) is 19.5. The largest absolute Gasteiger partial charge is 0.490 e. The first kappa shape index (κ1) is 21.5. The average molecular weight is 447 g/mol. The van der Waals surface area contributed by atoms with E-state index in [2.05, 4.69) is 26.3 Å². The summed E-state index contributed by atoms with van der Waals surface area (Å²) in [4.78, 5) is 28.8. The lowest BCUT2D eigenvalue weighted by molar-refractivity contribution is -0.109. The van der Waals surface area contributed by atoms with Crippen molar-refractivity contribution >= 4 is 6.29 Å². The van der Waals surface area contributed by atoms with Crippen molar-refractivity contribution in [1.29, 1.82) is 0 Å². The van der Waals surface area contributed by atoms with Crippen LogP contribution in [-0.4, -0.2) is 47.6 Å². The molecule has 170 valence electrons. The Morgan fingerprint density at radius 1 is 1.21 bits per heavy atom. The minimum absolute atomic E-state index is 0.0392. The number of aromatic nitrogens is 2. The van der Waals surface area contributed by atoms with Crippen LogP contribution in [0.25, 0.3) is 22.8 Å². The van der Waals surface area contributed by atoms with Gasteiger partial charge in [-0.3, -0.25) is 4.90 Å². The van der Waals surface area contributed by atoms with E-state index in [-0.39, 0.29) is 18.5 Å². The Bertz CT molecular complexity index is 1140. The lowest BCUT2D eigenvalue weighted by Gasteiger charge is -2.29. The van der Waals surface area contributed by atoms with Crippen molar-refractivity contribution in [2.75, 3.05) is 20.1 Å². The van der Waals surface area contributed by atoms with Crippen molar-refractivity contribution < 1.29 is 14.1 Å². The number of benzene rings is 2. The van der Waals surface area contributed by atoms with E-state index < -0.39 is 0 Å². The molecule has 0 spiro atoms. The lowest BCUT2D eigenvalue weighted by atomic mass is 9.96. The molecule has 2 atom stereocenters. The Morgan fingerprint density at radius 2 is 2.03 bits per heavy atom. The molecule has 3 aromatic rings. The molecule has 1 saturated carbocycles. The van der Waals surface area contributed by atoms with Gasteiger partial charge in [0.2, 0.25) is 5.82 Å². The van der Waals surface area contributed by atoms with E-state index >= 15 is 0 Å². The van der Waals surface area contributed by atoms with Crippen LogP contribution in [0.5, 0.6) is 5.75 Å². The molecule has 1 fully saturated rings. The second kappa shape index (κ2) is 9.23. The van der Waals surface area contributed by atoms with Gasteiger partial charge in [-0.2, -0.15) is 9.89 Å². The van der Waals surface area contributed by atoms with E-state index in [1.165, 1.54) is 0 Å². The van der Waals surface area contributed by atoms with Gasteiger partial charge >= 0.3 is 0 Å². The molecule has 0 bridgehead atoms. The Hall–Kier alpha value is -3.39. The van der Waals surface area contributed by atoms with E-state index in [0.717, 1.165) is 53.6 Å². The molecule has 1 heterocycles. The Labute approximate surface area is 191 Å². The summed E-state index contributed by atoms with van der Waals surface area (Å²) >= 11 is 0. The standard InChI is InChI=1S/C25H26N4O4/c1-29(13-12-26-31)23-17(11-14-30)15-22-20(23)3-2-4-21(22)24-27-25(33-28-24)16-5-7-18(8-6-16)32-19-9-10-19/h2-8,14,17,19,23H,9-13,15H2,1H3/t17-,23-/m1/s1. The highest BCUT2D eigenvalue weighted by atomic mass is 16.5. The second-order valence-electron chi connectivity index (χ2n) is 8.78. The summed E-state index contributed by atoms with van der Waals surface area (Å²) in [5, 5.41) is 7.25. The van der Waals surface area contributed by atoms with Crippen molar-refractivity contribution in [3.05, 3.63) is 58.5 Å². The zero-order valence-corrected chi connectivity index (χ0v) is 18.5. The summed E-state index contributed by atoms with van der Waals surface area (Å²) in [6, 6.07) is 13.8. The quantitative estimate of drug-likeness (QED) is 0.335. The topological polar surface area (TPSA) is 97.9 Å². The minimum Gasteiger partial charge on any atom is -0.490 e. The first-order valence-electron chi connectivity index (χ1n) is 11.3. The number of rotatable bonds is 10. The van der Waals surface area contributed by atoms with E-state index in [1.807, 2.05) is 43.4 Å². The highest BCUT2D eigenvalue weighted by Gasteiger charge is 2.36. The SMILES string of the molecule is CN(CCN=O)[C@H]1c2cccc(-c3noc(-c4ccc(OC5CC5)cc4)n3)c2C[C@H]1CC=O. The van der Waals surface area contributed by atoms with Crippen molar-refractivity contribution in [1.82, 2.24) is 15.0 Å². The van der Waals surface area contributed by atoms with Crippen LogP contribution in [0, 0.1) is 10.8 Å². The van der Waals surface area contributed by atoms with Gasteiger partial charge in [-0.25, -0.2) is 0 Å². The number of likely N-dealkylation sites (N-methyl/N-ethyl adjacent to an activating group) is 1. The zero-order chi connectivity index (χ0) is 22.8. The van der Waals surface area contributed by atoms with E-state index in [9.17, 15) is 9.70 Å². The fourth-order valence-electron chi connectivity index (χ4n) is 4.72. The molecule has 0 aliphatic heterocycles. The van der Waals surface area contributed by atoms with Crippen LogP contribution in [0.15, 0.2) is 52.2 Å². The molecule has 2 aromatic carbocycles. The highest BCUT2D eigenvalue weighted by molar-refractivity contribution is 5.67. The van der Waals surface area contributed by atoms with Crippen LogP contribution >= 0.6 is 0 Å². The van der Waals surface area contributed by atoms with E-state index in [4.69, 9.17) is 9.26 Å². The third-order valence-electron chi connectivity index (χ3n) is 6.46. The monoisotopic (exact) mass is 446 g/mol. The minimum atomic E-state index is 0.0392. The Morgan fingerprint density at radius 3 is 2.76 bits per heavy atom. The molecular formula is C25H26N4O4. The van der Waals surface area contributed by atoms with Gasteiger partial charge < -0.3 is 14.1 Å². The second-order valence-corrected chi connectivity index (χ2v) is 8.78. The molecule has 0 saturated heterocycles. The predicted molar refractivity (Wildman–Crippen MR) is 123 cm³/mol. The number of hydrogen-bond acceptors (Lipinski definition) is 8. The number of carbonyl (C=O) groups excluding carboxylic acids is 1. The number of nitrogens with zero attached hydrogens (tertiary/aromatic N) is 4. The molecule has 8 nitrogen and oxygen atoms in total. The summed E-state index contributed by atoms with van der Waals surface area (Å²) in [5.41, 5.74) is 4.01. The Balaban J connectivity index is 1.42. The van der Waals surface area contributed by atoms with Gasteiger partial charge in [0.15, 0.2) is 0 Å². The van der Waals surface area contributed by atoms with Crippen LogP contribution in [0.4, 0.5) is 0 Å². The van der Waals surface area contributed by atoms with Crippen molar-refractivity contribution in [2.45, 2.75) is 37.8 Å². The number of aldehydes is 1. The van der Waals surface area contributed by atoms with Crippen molar-refractivity contribution in [3.8, 4) is 28.6 Å². The van der Waals surface area contributed by atoms with Gasteiger partial charge in [0.1, 0.15) is 12.0 Å². The summed E-state index contributed by atoms with van der Waals surface area (Å²) in [7, 11) is 1.97. The predicted octanol–water partition coefficient (Wildman–Crippen LogP) is 4.45. The van der Waals surface area contributed by atoms with Gasteiger partial charge in [-0.15, -0.1) is 0 Å². The Kier molecular flexibility index (Phi) is 6.00. The van der Waals surface area contributed by atoms with Crippen molar-refractivity contribution in [3.63, 3.8) is 0 Å². The van der Waals surface area contributed by atoms with Gasteiger partial charge in [0, 0.05) is 30.1 Å². The van der Waals surface area contributed by atoms with Crippen LogP contribution in [-0.2, 0) is 11.2 Å². The highest BCUT2D eigenvalue weighted by Crippen LogP contribution is 2.44. The third-order valence-corrected chi connectivity index (χ3v) is 6.46. The molecule has 0 N–H and O–H groups in total. The molecule has 0 unspecified atom stereocenters. The molecule has 2 aliphatic carbocycles. The van der Waals surface area contributed by atoms with Crippen LogP contribution in [0.1, 0.15) is 36.4 Å². The first-order valence-corrected chi connectivity index (χ1v) is 11.3. The van der Waals surface area contributed by atoms with Gasteiger partial charge in [0.05, 0.1) is 12.6 Å². The summed E-state index contributed by atoms with van der Waals surface area (Å²) < 4.78 is 11.4. The maximum atomic E-state index is 11.4. The fraction of sp³-hybridized carbons (Fsp3) is 0.400.